The Kier molecular flexibility index (Phi) is 7.14. The van der Waals surface area contributed by atoms with Crippen molar-refractivity contribution in [2.75, 3.05) is 33.1 Å². The maximum atomic E-state index is 12.7. The van der Waals surface area contributed by atoms with Crippen molar-refractivity contribution in [3.63, 3.8) is 0 Å². The molecule has 0 aliphatic rings. The molecule has 0 aliphatic carbocycles. The fourth-order valence-electron chi connectivity index (χ4n) is 2.78. The van der Waals surface area contributed by atoms with Gasteiger partial charge < -0.3 is 20.6 Å². The number of ketones is 1. The molecule has 2 amide bonds. The van der Waals surface area contributed by atoms with Crippen LogP contribution in [0.25, 0.3) is 11.1 Å². The number of hydrogen-bond donors (Lipinski definition) is 3. The van der Waals surface area contributed by atoms with Crippen LogP contribution < -0.4 is 10.6 Å². The van der Waals surface area contributed by atoms with Crippen LogP contribution in [-0.4, -0.2) is 61.4 Å². The highest BCUT2D eigenvalue weighted by molar-refractivity contribution is 6.33. The second-order valence-electron chi connectivity index (χ2n) is 6.08. The molecule has 0 fully saturated rings. The lowest BCUT2D eigenvalue weighted by molar-refractivity contribution is -0.135. The van der Waals surface area contributed by atoms with Crippen LogP contribution in [0.3, 0.4) is 0 Å². The van der Waals surface area contributed by atoms with Gasteiger partial charge in [0.05, 0.1) is 10.7 Å². The predicted octanol–water partition coefficient (Wildman–Crippen LogP) is 1.80. The summed E-state index contributed by atoms with van der Waals surface area (Å²) in [6.07, 6.45) is 0. The largest absolute Gasteiger partial charge is 0.388 e. The number of hydrogen-bond acceptors (Lipinski definition) is 5. The Balaban J connectivity index is 2.26. The number of halogens is 1. The smallest absolute Gasteiger partial charge is 0.254 e. The van der Waals surface area contributed by atoms with Gasteiger partial charge in [-0.25, -0.2) is 0 Å². The molecule has 0 saturated heterocycles. The van der Waals surface area contributed by atoms with Crippen molar-refractivity contribution in [2.24, 2.45) is 0 Å². The van der Waals surface area contributed by atoms with Crippen LogP contribution in [0.4, 0.5) is 5.69 Å². The SMILES string of the molecule is CNC(=O)C(C(=O)CO)N(C)C(=O)c1ccc(-c2ccc(NC)c(Cl)c2)cc1. The second kappa shape index (κ2) is 9.34. The van der Waals surface area contributed by atoms with Crippen molar-refractivity contribution >= 4 is 34.9 Å². The Morgan fingerprint density at radius 1 is 1.07 bits per heavy atom. The van der Waals surface area contributed by atoms with Crippen molar-refractivity contribution in [3.8, 4) is 11.1 Å². The summed E-state index contributed by atoms with van der Waals surface area (Å²) in [6, 6.07) is 10.9. The van der Waals surface area contributed by atoms with Gasteiger partial charge in [0.15, 0.2) is 11.8 Å². The lowest BCUT2D eigenvalue weighted by Crippen LogP contribution is -2.52. The highest BCUT2D eigenvalue weighted by Gasteiger charge is 2.32. The van der Waals surface area contributed by atoms with E-state index in [0.29, 0.717) is 10.6 Å². The summed E-state index contributed by atoms with van der Waals surface area (Å²) in [7, 11) is 4.49. The van der Waals surface area contributed by atoms with Crippen molar-refractivity contribution in [1.82, 2.24) is 10.2 Å². The van der Waals surface area contributed by atoms with Crippen LogP contribution in [0.1, 0.15) is 10.4 Å². The van der Waals surface area contributed by atoms with Gasteiger partial charge >= 0.3 is 0 Å². The number of rotatable bonds is 7. The first-order valence-corrected chi connectivity index (χ1v) is 8.91. The molecule has 7 nitrogen and oxygen atoms in total. The summed E-state index contributed by atoms with van der Waals surface area (Å²) in [5.74, 6) is -1.93. The first-order chi connectivity index (χ1) is 13.3. The summed E-state index contributed by atoms with van der Waals surface area (Å²) in [5.41, 5.74) is 2.87. The van der Waals surface area contributed by atoms with Gasteiger partial charge in [0, 0.05) is 26.7 Å². The molecule has 2 rings (SSSR count). The molecule has 0 aliphatic heterocycles. The van der Waals surface area contributed by atoms with E-state index in [-0.39, 0.29) is 0 Å². The molecule has 1 atom stereocenters. The minimum atomic E-state index is -1.39. The third-order valence-corrected chi connectivity index (χ3v) is 4.68. The summed E-state index contributed by atoms with van der Waals surface area (Å²) < 4.78 is 0. The van der Waals surface area contributed by atoms with E-state index in [1.54, 1.807) is 31.3 Å². The van der Waals surface area contributed by atoms with Gasteiger partial charge in [-0.2, -0.15) is 0 Å². The van der Waals surface area contributed by atoms with Crippen molar-refractivity contribution < 1.29 is 19.5 Å². The summed E-state index contributed by atoms with van der Waals surface area (Å²) in [4.78, 5) is 37.6. The molecular weight excluding hydrogens is 382 g/mol. The van der Waals surface area contributed by atoms with Crippen LogP contribution in [0, 0.1) is 0 Å². The van der Waals surface area contributed by atoms with E-state index < -0.39 is 30.2 Å². The number of carbonyl (C=O) groups is 3. The number of nitrogens with one attached hydrogen (secondary N) is 2. The Morgan fingerprint density at radius 3 is 2.18 bits per heavy atom. The Labute approximate surface area is 168 Å². The third kappa shape index (κ3) is 4.49. The minimum absolute atomic E-state index is 0.309. The molecule has 0 spiro atoms. The van der Waals surface area contributed by atoms with Crippen molar-refractivity contribution in [1.29, 1.82) is 0 Å². The standard InChI is InChI=1S/C20H22ClN3O4/c1-22-16-9-8-14(10-15(16)21)12-4-6-13(7-5-12)20(28)24(3)18(17(26)11-25)19(27)23-2/h4-10,18,22,25H,11H2,1-3H3,(H,23,27). The molecule has 3 N–H and O–H groups in total. The zero-order valence-corrected chi connectivity index (χ0v) is 16.6. The average Bonchev–Trinajstić information content (AvgIpc) is 2.72. The second-order valence-corrected chi connectivity index (χ2v) is 6.49. The van der Waals surface area contributed by atoms with Gasteiger partial charge in [0.1, 0.15) is 6.61 Å². The van der Waals surface area contributed by atoms with Crippen molar-refractivity contribution in [3.05, 3.63) is 53.1 Å². The van der Waals surface area contributed by atoms with E-state index in [1.807, 2.05) is 18.2 Å². The third-order valence-electron chi connectivity index (χ3n) is 4.37. The summed E-state index contributed by atoms with van der Waals surface area (Å²) >= 11 is 6.21. The molecule has 1 unspecified atom stereocenters. The van der Waals surface area contributed by atoms with Gasteiger partial charge in [-0.05, 0) is 35.4 Å². The quantitative estimate of drug-likeness (QED) is 0.612. The Morgan fingerprint density at radius 2 is 1.68 bits per heavy atom. The molecular formula is C20H22ClN3O4. The first-order valence-electron chi connectivity index (χ1n) is 8.54. The molecule has 2 aromatic rings. The average molecular weight is 404 g/mol. The number of aliphatic hydroxyl groups is 1. The van der Waals surface area contributed by atoms with Gasteiger partial charge in [0.25, 0.3) is 5.91 Å². The topological polar surface area (TPSA) is 98.7 Å². The maximum Gasteiger partial charge on any atom is 0.254 e. The normalized spacial score (nSPS) is 11.5. The maximum absolute atomic E-state index is 12.7. The molecule has 0 saturated carbocycles. The van der Waals surface area contributed by atoms with Crippen molar-refractivity contribution in [2.45, 2.75) is 6.04 Å². The highest BCUT2D eigenvalue weighted by Crippen LogP contribution is 2.28. The summed E-state index contributed by atoms with van der Waals surface area (Å²) in [5, 5.41) is 15.0. The molecule has 28 heavy (non-hydrogen) atoms. The van der Waals surface area contributed by atoms with E-state index in [1.165, 1.54) is 14.1 Å². The molecule has 0 radical (unpaired) electrons. The van der Waals surface area contributed by atoms with E-state index >= 15 is 0 Å². The number of likely N-dealkylation sites (N-methyl/N-ethyl adjacent to an activating group) is 2. The number of benzene rings is 2. The van der Waals surface area contributed by atoms with E-state index in [2.05, 4.69) is 10.6 Å². The molecule has 0 aromatic heterocycles. The number of amides is 2. The molecule has 2 aromatic carbocycles. The van der Waals surface area contributed by atoms with Crippen LogP contribution in [0.5, 0.6) is 0 Å². The first kappa shape index (κ1) is 21.4. The molecule has 0 bridgehead atoms. The monoisotopic (exact) mass is 403 g/mol. The van der Waals surface area contributed by atoms with Crippen LogP contribution in [0.2, 0.25) is 5.02 Å². The number of carbonyl (C=O) groups excluding carboxylic acids is 3. The van der Waals surface area contributed by atoms with Crippen LogP contribution in [0.15, 0.2) is 42.5 Å². The predicted molar refractivity (Wildman–Crippen MR) is 108 cm³/mol. The van der Waals surface area contributed by atoms with Gasteiger partial charge in [-0.1, -0.05) is 29.8 Å². The van der Waals surface area contributed by atoms with Gasteiger partial charge in [-0.15, -0.1) is 0 Å². The number of Topliss-reactive ketones (excluding diaryl/α,β-unsaturated/α-hetero) is 1. The summed E-state index contributed by atoms with van der Waals surface area (Å²) in [6.45, 7) is -0.835. The Bertz CT molecular complexity index is 868. The van der Waals surface area contributed by atoms with Crippen LogP contribution >= 0.6 is 11.6 Å². The van der Waals surface area contributed by atoms with E-state index in [0.717, 1.165) is 21.7 Å². The number of anilines is 1. The van der Waals surface area contributed by atoms with E-state index in [9.17, 15) is 14.4 Å². The number of aliphatic hydroxyl groups excluding tert-OH is 1. The van der Waals surface area contributed by atoms with Gasteiger partial charge in [-0.3, -0.25) is 14.4 Å². The lowest BCUT2D eigenvalue weighted by atomic mass is 10.0. The van der Waals surface area contributed by atoms with E-state index in [4.69, 9.17) is 16.7 Å². The molecule has 148 valence electrons. The lowest BCUT2D eigenvalue weighted by Gasteiger charge is -2.25. The molecule has 0 heterocycles. The molecule has 8 heteroatoms. The van der Waals surface area contributed by atoms with Crippen LogP contribution in [-0.2, 0) is 9.59 Å². The minimum Gasteiger partial charge on any atom is -0.388 e. The zero-order valence-electron chi connectivity index (χ0n) is 15.8. The highest BCUT2D eigenvalue weighted by atomic mass is 35.5. The number of nitrogens with zero attached hydrogens (tertiary/aromatic N) is 1. The zero-order chi connectivity index (χ0) is 20.8. The Hall–Kier alpha value is -2.90. The van der Waals surface area contributed by atoms with Gasteiger partial charge in [0.2, 0.25) is 5.91 Å². The fraction of sp³-hybridized carbons (Fsp3) is 0.250. The fourth-order valence-corrected chi connectivity index (χ4v) is 3.06.